The lowest BCUT2D eigenvalue weighted by Crippen LogP contribution is -1.98. The second-order valence-electron chi connectivity index (χ2n) is 2.23. The predicted molar refractivity (Wildman–Crippen MR) is 48.1 cm³/mol. The fraction of sp³-hybridized carbons (Fsp3) is 0. The van der Waals surface area contributed by atoms with Crippen molar-refractivity contribution in [2.75, 3.05) is 0 Å². The Morgan fingerprint density at radius 2 is 1.75 bits per heavy atom. The molecule has 0 aliphatic carbocycles. The van der Waals surface area contributed by atoms with Crippen LogP contribution in [0.1, 0.15) is 0 Å². The molecule has 0 saturated carbocycles. The Balaban J connectivity index is 3.07. The quantitative estimate of drug-likeness (QED) is 0.712. The van der Waals surface area contributed by atoms with Crippen molar-refractivity contribution in [3.8, 4) is 0 Å². The van der Waals surface area contributed by atoms with Crippen LogP contribution in [0.3, 0.4) is 0 Å². The Hall–Kier alpha value is -1.09. The van der Waals surface area contributed by atoms with E-state index >= 15 is 0 Å². The first-order valence-corrected chi connectivity index (χ1v) is 4.97. The van der Waals surface area contributed by atoms with Gasteiger partial charge in [-0.3, -0.25) is 0 Å². The van der Waals surface area contributed by atoms with Gasteiger partial charge in [-0.15, -0.1) is 6.58 Å². The highest BCUT2D eigenvalue weighted by molar-refractivity contribution is 7.93. The lowest BCUT2D eigenvalue weighted by molar-refractivity contribution is 0.602. The van der Waals surface area contributed by atoms with E-state index in [1.807, 2.05) is 0 Å². The minimum absolute atomic E-state index is 0.296. The summed E-state index contributed by atoms with van der Waals surface area (Å²) in [6, 6.07) is 8.24. The molecule has 0 N–H and O–H groups in total. The van der Waals surface area contributed by atoms with Crippen LogP contribution in [0, 0.1) is 5.75 Å². The molecule has 0 saturated heterocycles. The summed E-state index contributed by atoms with van der Waals surface area (Å²) in [6.45, 7) is 3.34. The molecule has 0 aliphatic heterocycles. The summed E-state index contributed by atoms with van der Waals surface area (Å²) in [5.74, 6) is 1.09. The minimum Gasteiger partial charge on any atom is -0.223 e. The van der Waals surface area contributed by atoms with Gasteiger partial charge in [0.05, 0.1) is 4.90 Å². The van der Waals surface area contributed by atoms with Gasteiger partial charge in [0.15, 0.2) is 9.84 Å². The Kier molecular flexibility index (Phi) is 2.65. The number of sulfone groups is 1. The number of hydrogen-bond acceptors (Lipinski definition) is 2. The largest absolute Gasteiger partial charge is 0.223 e. The molecule has 0 spiro atoms. The molecule has 0 fully saturated rings. The van der Waals surface area contributed by atoms with Crippen molar-refractivity contribution in [3.63, 3.8) is 0 Å². The highest BCUT2D eigenvalue weighted by Crippen LogP contribution is 2.12. The molecule has 1 radical (unpaired) electrons. The van der Waals surface area contributed by atoms with Crippen LogP contribution in [0.5, 0.6) is 0 Å². The maximum Gasteiger partial charge on any atom is 0.186 e. The first kappa shape index (κ1) is 9.00. The fourth-order valence-corrected chi connectivity index (χ4v) is 1.76. The maximum atomic E-state index is 11.3. The van der Waals surface area contributed by atoms with Crippen LogP contribution >= 0.6 is 0 Å². The third-order valence-corrected chi connectivity index (χ3v) is 2.83. The average Bonchev–Trinajstić information content (AvgIpc) is 2.06. The second kappa shape index (κ2) is 3.54. The zero-order valence-electron chi connectivity index (χ0n) is 6.47. The molecule has 0 atom stereocenters. The van der Waals surface area contributed by atoms with Crippen LogP contribution < -0.4 is 0 Å². The van der Waals surface area contributed by atoms with Crippen molar-refractivity contribution in [1.29, 1.82) is 0 Å². The van der Waals surface area contributed by atoms with E-state index in [1.165, 1.54) is 6.08 Å². The number of hydrogen-bond donors (Lipinski definition) is 0. The summed E-state index contributed by atoms with van der Waals surface area (Å²) < 4.78 is 22.6. The molecule has 0 bridgehead atoms. The van der Waals surface area contributed by atoms with Crippen LogP contribution in [0.15, 0.2) is 47.9 Å². The summed E-state index contributed by atoms with van der Waals surface area (Å²) in [5.41, 5.74) is 0. The Morgan fingerprint density at radius 1 is 1.17 bits per heavy atom. The second-order valence-corrected chi connectivity index (χ2v) is 4.06. The Labute approximate surface area is 72.5 Å². The standard InChI is InChI=1S/C9H9O2S/c1-2-8-12(10,11)9-6-4-3-5-7-9/h2-8H,1H2. The molecule has 12 heavy (non-hydrogen) atoms. The fourth-order valence-electron chi connectivity index (χ4n) is 0.815. The van der Waals surface area contributed by atoms with Gasteiger partial charge in [0, 0.05) is 0 Å². The van der Waals surface area contributed by atoms with Crippen molar-refractivity contribution >= 4 is 9.84 Å². The number of benzene rings is 1. The van der Waals surface area contributed by atoms with Gasteiger partial charge in [0.1, 0.15) is 5.75 Å². The minimum atomic E-state index is -3.25. The van der Waals surface area contributed by atoms with Crippen LogP contribution in [-0.2, 0) is 9.84 Å². The zero-order valence-corrected chi connectivity index (χ0v) is 7.29. The van der Waals surface area contributed by atoms with Gasteiger partial charge in [0.2, 0.25) is 0 Å². The van der Waals surface area contributed by atoms with Crippen LogP contribution in [0.4, 0.5) is 0 Å². The van der Waals surface area contributed by atoms with Crippen LogP contribution in [0.25, 0.3) is 0 Å². The zero-order chi connectivity index (χ0) is 9.03. The molecule has 0 unspecified atom stereocenters. The summed E-state index contributed by atoms with van der Waals surface area (Å²) in [5, 5.41) is 0. The van der Waals surface area contributed by atoms with Gasteiger partial charge in [-0.2, -0.15) is 0 Å². The van der Waals surface area contributed by atoms with Gasteiger partial charge < -0.3 is 0 Å². The molecule has 2 nitrogen and oxygen atoms in total. The van der Waals surface area contributed by atoms with Crippen molar-refractivity contribution < 1.29 is 8.42 Å². The van der Waals surface area contributed by atoms with Crippen molar-refractivity contribution in [2.45, 2.75) is 4.90 Å². The van der Waals surface area contributed by atoms with Crippen molar-refractivity contribution in [1.82, 2.24) is 0 Å². The van der Waals surface area contributed by atoms with Crippen LogP contribution in [0.2, 0.25) is 0 Å². The molecule has 0 heterocycles. The molecular weight excluding hydrogens is 172 g/mol. The maximum absolute atomic E-state index is 11.3. The SMILES string of the molecule is C=C[CH]S(=O)(=O)c1ccccc1. The highest BCUT2D eigenvalue weighted by Gasteiger charge is 2.10. The van der Waals surface area contributed by atoms with E-state index in [2.05, 4.69) is 6.58 Å². The Morgan fingerprint density at radius 3 is 2.25 bits per heavy atom. The number of rotatable bonds is 3. The van der Waals surface area contributed by atoms with E-state index in [0.717, 1.165) is 5.75 Å². The van der Waals surface area contributed by atoms with Gasteiger partial charge in [-0.25, -0.2) is 8.42 Å². The normalized spacial score (nSPS) is 11.0. The van der Waals surface area contributed by atoms with Crippen LogP contribution in [-0.4, -0.2) is 8.42 Å². The summed E-state index contributed by atoms with van der Waals surface area (Å²) in [6.07, 6.45) is 1.27. The lowest BCUT2D eigenvalue weighted by Gasteiger charge is -1.98. The van der Waals surface area contributed by atoms with E-state index in [1.54, 1.807) is 30.3 Å². The molecular formula is C9H9O2S. The van der Waals surface area contributed by atoms with E-state index in [4.69, 9.17) is 0 Å². The van der Waals surface area contributed by atoms with Gasteiger partial charge >= 0.3 is 0 Å². The average molecular weight is 181 g/mol. The third-order valence-electron chi connectivity index (χ3n) is 1.35. The molecule has 0 aliphatic rings. The summed E-state index contributed by atoms with van der Waals surface area (Å²) in [4.78, 5) is 0.296. The molecule has 1 rings (SSSR count). The molecule has 0 aromatic heterocycles. The van der Waals surface area contributed by atoms with Gasteiger partial charge in [-0.1, -0.05) is 24.3 Å². The smallest absolute Gasteiger partial charge is 0.186 e. The van der Waals surface area contributed by atoms with E-state index in [0.29, 0.717) is 4.90 Å². The van der Waals surface area contributed by atoms with Crippen molar-refractivity contribution in [2.24, 2.45) is 0 Å². The molecule has 3 heteroatoms. The van der Waals surface area contributed by atoms with E-state index in [9.17, 15) is 8.42 Å². The monoisotopic (exact) mass is 181 g/mol. The molecule has 1 aromatic rings. The van der Waals surface area contributed by atoms with E-state index < -0.39 is 9.84 Å². The molecule has 1 aromatic carbocycles. The Bertz CT molecular complexity index is 351. The predicted octanol–water partition coefficient (Wildman–Crippen LogP) is 1.81. The highest BCUT2D eigenvalue weighted by atomic mass is 32.2. The van der Waals surface area contributed by atoms with Gasteiger partial charge in [-0.05, 0) is 12.1 Å². The first-order valence-electron chi connectivity index (χ1n) is 3.43. The van der Waals surface area contributed by atoms with E-state index in [-0.39, 0.29) is 0 Å². The summed E-state index contributed by atoms with van der Waals surface area (Å²) >= 11 is 0. The molecule has 63 valence electrons. The van der Waals surface area contributed by atoms with Crippen molar-refractivity contribution in [3.05, 3.63) is 48.7 Å². The van der Waals surface area contributed by atoms with Gasteiger partial charge in [0.25, 0.3) is 0 Å². The topological polar surface area (TPSA) is 34.1 Å². The molecule has 0 amide bonds. The first-order chi connectivity index (χ1) is 5.67. The summed E-state index contributed by atoms with van der Waals surface area (Å²) in [7, 11) is -3.25. The third kappa shape index (κ3) is 1.95. The lowest BCUT2D eigenvalue weighted by atomic mass is 10.4.